The zero-order chi connectivity index (χ0) is 14.9. The van der Waals surface area contributed by atoms with Crippen LogP contribution in [0.25, 0.3) is 0 Å². The Kier molecular flexibility index (Phi) is 3.45. The number of hydrogen-bond donors (Lipinski definition) is 0. The number of hydrogen-bond acceptors (Lipinski definition) is 2. The van der Waals surface area contributed by atoms with Crippen LogP contribution in [0.1, 0.15) is 42.3 Å². The highest BCUT2D eigenvalue weighted by molar-refractivity contribution is 5.85. The van der Waals surface area contributed by atoms with Crippen LogP contribution in [0.3, 0.4) is 0 Å². The summed E-state index contributed by atoms with van der Waals surface area (Å²) in [7, 11) is 0. The lowest BCUT2D eigenvalue weighted by atomic mass is 9.97. The minimum absolute atomic E-state index is 0.0626. The van der Waals surface area contributed by atoms with Crippen LogP contribution in [0, 0.1) is 0 Å². The van der Waals surface area contributed by atoms with E-state index in [1.807, 2.05) is 29.2 Å². The molecule has 0 bridgehead atoms. The predicted octanol–water partition coefficient (Wildman–Crippen LogP) is 2.78. The molecule has 22 heavy (non-hydrogen) atoms. The van der Waals surface area contributed by atoms with Crippen LogP contribution in [0.15, 0.2) is 42.7 Å². The van der Waals surface area contributed by atoms with E-state index in [4.69, 9.17) is 0 Å². The standard InChI is InChI=1S/C18H21N3O/c22-18(17-9-8-14-5-1-2-7-16(14)17)20-11-3-6-15(13-20)21-12-4-10-19-21/h1-2,4-5,7,10,12,15,17H,3,6,8-9,11,13H2/t15-,17-/m1/s1. The fourth-order valence-corrected chi connectivity index (χ4v) is 3.90. The minimum Gasteiger partial charge on any atom is -0.340 e. The molecular weight excluding hydrogens is 274 g/mol. The van der Waals surface area contributed by atoms with Gasteiger partial charge in [0.25, 0.3) is 0 Å². The number of likely N-dealkylation sites (tertiary alicyclic amines) is 1. The fourth-order valence-electron chi connectivity index (χ4n) is 3.90. The van der Waals surface area contributed by atoms with Crippen molar-refractivity contribution in [3.05, 3.63) is 53.9 Å². The lowest BCUT2D eigenvalue weighted by Crippen LogP contribution is -2.42. The molecular formula is C18H21N3O. The maximum absolute atomic E-state index is 13.0. The number of aromatic nitrogens is 2. The third-order valence-corrected chi connectivity index (χ3v) is 5.04. The van der Waals surface area contributed by atoms with Gasteiger partial charge in [0.05, 0.1) is 12.0 Å². The molecule has 1 aromatic carbocycles. The summed E-state index contributed by atoms with van der Waals surface area (Å²) >= 11 is 0. The largest absolute Gasteiger partial charge is 0.340 e. The molecule has 4 nitrogen and oxygen atoms in total. The topological polar surface area (TPSA) is 38.1 Å². The Hall–Kier alpha value is -2.10. The summed E-state index contributed by atoms with van der Waals surface area (Å²) in [6.07, 6.45) is 7.97. The molecule has 1 saturated heterocycles. The van der Waals surface area contributed by atoms with Crippen molar-refractivity contribution in [2.75, 3.05) is 13.1 Å². The SMILES string of the molecule is O=C([C@@H]1CCc2ccccc21)N1CCC[C@@H](n2cccn2)C1. The molecule has 4 heteroatoms. The molecule has 4 rings (SSSR count). The van der Waals surface area contributed by atoms with Gasteiger partial charge in [-0.05, 0) is 42.9 Å². The molecule has 1 amide bonds. The summed E-state index contributed by atoms with van der Waals surface area (Å²) in [5.41, 5.74) is 2.59. The summed E-state index contributed by atoms with van der Waals surface area (Å²) in [6.45, 7) is 1.68. The van der Waals surface area contributed by atoms with Crippen molar-refractivity contribution in [3.8, 4) is 0 Å². The quantitative estimate of drug-likeness (QED) is 0.854. The molecule has 1 aromatic heterocycles. The Bertz CT molecular complexity index is 665. The Morgan fingerprint density at radius 3 is 2.95 bits per heavy atom. The summed E-state index contributed by atoms with van der Waals surface area (Å²) < 4.78 is 2.00. The third kappa shape index (κ3) is 2.32. The Balaban J connectivity index is 1.51. The van der Waals surface area contributed by atoms with Gasteiger partial charge in [-0.15, -0.1) is 0 Å². The minimum atomic E-state index is 0.0626. The number of benzene rings is 1. The molecule has 1 aliphatic heterocycles. The van der Waals surface area contributed by atoms with E-state index < -0.39 is 0 Å². The first-order chi connectivity index (χ1) is 10.8. The van der Waals surface area contributed by atoms with E-state index in [0.717, 1.165) is 38.8 Å². The molecule has 1 aliphatic carbocycles. The molecule has 2 aromatic rings. The van der Waals surface area contributed by atoms with Crippen molar-refractivity contribution in [3.63, 3.8) is 0 Å². The van der Waals surface area contributed by atoms with E-state index in [2.05, 4.69) is 28.2 Å². The van der Waals surface area contributed by atoms with Crippen LogP contribution in [-0.2, 0) is 11.2 Å². The number of carbonyl (C=O) groups excluding carboxylic acids is 1. The van der Waals surface area contributed by atoms with E-state index in [1.165, 1.54) is 11.1 Å². The zero-order valence-corrected chi connectivity index (χ0v) is 12.7. The molecule has 114 valence electrons. The lowest BCUT2D eigenvalue weighted by Gasteiger charge is -2.34. The predicted molar refractivity (Wildman–Crippen MR) is 84.6 cm³/mol. The summed E-state index contributed by atoms with van der Waals surface area (Å²) in [4.78, 5) is 15.0. The number of nitrogens with zero attached hydrogens (tertiary/aromatic N) is 3. The van der Waals surface area contributed by atoms with Gasteiger partial charge in [0.15, 0.2) is 0 Å². The van der Waals surface area contributed by atoms with Crippen LogP contribution in [-0.4, -0.2) is 33.7 Å². The second-order valence-electron chi connectivity index (χ2n) is 6.36. The molecule has 0 spiro atoms. The lowest BCUT2D eigenvalue weighted by molar-refractivity contribution is -0.134. The van der Waals surface area contributed by atoms with E-state index in [9.17, 15) is 4.79 Å². The van der Waals surface area contributed by atoms with Crippen molar-refractivity contribution >= 4 is 5.91 Å². The van der Waals surface area contributed by atoms with Gasteiger partial charge in [-0.1, -0.05) is 24.3 Å². The highest BCUT2D eigenvalue weighted by atomic mass is 16.2. The first-order valence-electron chi connectivity index (χ1n) is 8.18. The molecule has 2 atom stereocenters. The fraction of sp³-hybridized carbons (Fsp3) is 0.444. The van der Waals surface area contributed by atoms with Crippen LogP contribution >= 0.6 is 0 Å². The van der Waals surface area contributed by atoms with Gasteiger partial charge in [0.2, 0.25) is 5.91 Å². The van der Waals surface area contributed by atoms with Crippen molar-refractivity contribution in [2.45, 2.75) is 37.6 Å². The Labute approximate surface area is 130 Å². The maximum Gasteiger partial charge on any atom is 0.230 e. The third-order valence-electron chi connectivity index (χ3n) is 5.04. The first-order valence-corrected chi connectivity index (χ1v) is 8.18. The second-order valence-corrected chi connectivity index (χ2v) is 6.36. The monoisotopic (exact) mass is 295 g/mol. The van der Waals surface area contributed by atoms with Crippen LogP contribution in [0.2, 0.25) is 0 Å². The van der Waals surface area contributed by atoms with E-state index >= 15 is 0 Å². The summed E-state index contributed by atoms with van der Waals surface area (Å²) in [5.74, 6) is 0.370. The number of rotatable bonds is 2. The Morgan fingerprint density at radius 1 is 1.18 bits per heavy atom. The number of fused-ring (bicyclic) bond motifs is 1. The highest BCUT2D eigenvalue weighted by Crippen LogP contribution is 2.35. The molecule has 1 fully saturated rings. The number of amides is 1. The smallest absolute Gasteiger partial charge is 0.230 e. The maximum atomic E-state index is 13.0. The van der Waals surface area contributed by atoms with Gasteiger partial charge in [-0.3, -0.25) is 9.48 Å². The van der Waals surface area contributed by atoms with E-state index in [1.54, 1.807) is 0 Å². The molecule has 2 aliphatic rings. The average Bonchev–Trinajstić information content (AvgIpc) is 3.24. The van der Waals surface area contributed by atoms with E-state index in [0.29, 0.717) is 11.9 Å². The van der Waals surface area contributed by atoms with Gasteiger partial charge in [-0.2, -0.15) is 5.10 Å². The van der Waals surface area contributed by atoms with Crippen molar-refractivity contribution in [1.29, 1.82) is 0 Å². The molecule has 0 N–H and O–H groups in total. The average molecular weight is 295 g/mol. The van der Waals surface area contributed by atoms with Crippen LogP contribution < -0.4 is 0 Å². The van der Waals surface area contributed by atoms with E-state index in [-0.39, 0.29) is 5.92 Å². The molecule has 0 radical (unpaired) electrons. The zero-order valence-electron chi connectivity index (χ0n) is 12.7. The van der Waals surface area contributed by atoms with Gasteiger partial charge >= 0.3 is 0 Å². The first kappa shape index (κ1) is 13.6. The van der Waals surface area contributed by atoms with Gasteiger partial charge in [0, 0.05) is 25.5 Å². The van der Waals surface area contributed by atoms with Crippen molar-refractivity contribution in [1.82, 2.24) is 14.7 Å². The van der Waals surface area contributed by atoms with Crippen molar-refractivity contribution < 1.29 is 4.79 Å². The summed E-state index contributed by atoms with van der Waals surface area (Å²) in [6, 6.07) is 10.7. The molecule has 0 saturated carbocycles. The number of carbonyl (C=O) groups is 1. The normalized spacial score (nSPS) is 24.3. The summed E-state index contributed by atoms with van der Waals surface area (Å²) in [5, 5.41) is 4.35. The number of piperidine rings is 1. The van der Waals surface area contributed by atoms with Gasteiger partial charge in [-0.25, -0.2) is 0 Å². The molecule has 2 heterocycles. The highest BCUT2D eigenvalue weighted by Gasteiger charge is 2.34. The van der Waals surface area contributed by atoms with Gasteiger partial charge < -0.3 is 4.90 Å². The van der Waals surface area contributed by atoms with Gasteiger partial charge in [0.1, 0.15) is 0 Å². The second kappa shape index (κ2) is 5.59. The van der Waals surface area contributed by atoms with Crippen LogP contribution in [0.4, 0.5) is 0 Å². The van der Waals surface area contributed by atoms with Crippen molar-refractivity contribution in [2.24, 2.45) is 0 Å². The number of aryl methyl sites for hydroxylation is 1. The Morgan fingerprint density at radius 2 is 2.09 bits per heavy atom. The van der Waals surface area contributed by atoms with Crippen LogP contribution in [0.5, 0.6) is 0 Å². The molecule has 0 unspecified atom stereocenters.